The molecular weight excluding hydrogens is 148 g/mol. The van der Waals surface area contributed by atoms with Gasteiger partial charge in [-0.2, -0.15) is 0 Å². The lowest BCUT2D eigenvalue weighted by Gasteiger charge is -2.12. The van der Waals surface area contributed by atoms with Gasteiger partial charge in [-0.05, 0) is 5.92 Å². The van der Waals surface area contributed by atoms with E-state index in [0.29, 0.717) is 0 Å². The Hall–Kier alpha value is -1.06. The molecule has 0 saturated heterocycles. The normalized spacial score (nSPS) is 15.5. The van der Waals surface area contributed by atoms with Gasteiger partial charge in [-0.25, -0.2) is 0 Å². The Labute approximate surface area is 64.8 Å². The summed E-state index contributed by atoms with van der Waals surface area (Å²) < 4.78 is 0. The molecule has 4 heteroatoms. The molecule has 2 atom stereocenters. The summed E-state index contributed by atoms with van der Waals surface area (Å²) in [6.07, 6.45) is -0.0898. The number of hydrogen-bond donors (Lipinski definition) is 2. The van der Waals surface area contributed by atoms with Crippen LogP contribution in [0.15, 0.2) is 0 Å². The van der Waals surface area contributed by atoms with Crippen LogP contribution < -0.4 is 0 Å². The van der Waals surface area contributed by atoms with Crippen LogP contribution in [0.25, 0.3) is 0 Å². The van der Waals surface area contributed by atoms with Crippen molar-refractivity contribution in [3.05, 3.63) is 0 Å². The largest absolute Gasteiger partial charge is 0.481 e. The highest BCUT2D eigenvalue weighted by atomic mass is 16.4. The van der Waals surface area contributed by atoms with Crippen molar-refractivity contribution in [2.45, 2.75) is 20.3 Å². The molecule has 0 bridgehead atoms. The molecule has 0 aliphatic heterocycles. The molecule has 0 aromatic rings. The van der Waals surface area contributed by atoms with Gasteiger partial charge >= 0.3 is 11.9 Å². The van der Waals surface area contributed by atoms with Gasteiger partial charge in [-0.3, -0.25) is 9.59 Å². The average Bonchev–Trinajstić information content (AvgIpc) is 1.84. The molecular formula is C7H12O4. The Morgan fingerprint density at radius 2 is 1.73 bits per heavy atom. The Bertz CT molecular complexity index is 164. The highest BCUT2D eigenvalue weighted by Gasteiger charge is 2.21. The van der Waals surface area contributed by atoms with Crippen LogP contribution in [0.1, 0.15) is 20.3 Å². The van der Waals surface area contributed by atoms with Crippen LogP contribution in [0.4, 0.5) is 0 Å². The molecule has 0 radical (unpaired) electrons. The van der Waals surface area contributed by atoms with E-state index in [9.17, 15) is 9.59 Å². The summed E-state index contributed by atoms with van der Waals surface area (Å²) in [5, 5.41) is 16.8. The van der Waals surface area contributed by atoms with Crippen molar-refractivity contribution in [1.29, 1.82) is 0 Å². The minimum Gasteiger partial charge on any atom is -0.481 e. The average molecular weight is 160 g/mol. The number of rotatable bonds is 4. The van der Waals surface area contributed by atoms with Crippen LogP contribution in [0.3, 0.4) is 0 Å². The third kappa shape index (κ3) is 3.60. The van der Waals surface area contributed by atoms with Crippen molar-refractivity contribution in [2.24, 2.45) is 11.8 Å². The van der Waals surface area contributed by atoms with Gasteiger partial charge in [0.05, 0.1) is 5.92 Å². The number of carbonyl (C=O) groups is 2. The maximum Gasteiger partial charge on any atom is 0.306 e. The van der Waals surface area contributed by atoms with Crippen LogP contribution in [0.2, 0.25) is 0 Å². The maximum atomic E-state index is 10.3. The fourth-order valence-electron chi connectivity index (χ4n) is 0.696. The first-order valence-corrected chi connectivity index (χ1v) is 3.39. The number of hydrogen-bond acceptors (Lipinski definition) is 2. The molecule has 64 valence electrons. The molecule has 11 heavy (non-hydrogen) atoms. The SMILES string of the molecule is CC(CC(=O)O)C(C)C(=O)O. The number of carboxylic acids is 2. The van der Waals surface area contributed by atoms with E-state index in [1.54, 1.807) is 6.92 Å². The van der Waals surface area contributed by atoms with E-state index >= 15 is 0 Å². The zero-order chi connectivity index (χ0) is 9.02. The first-order chi connectivity index (χ1) is 4.95. The van der Waals surface area contributed by atoms with Crippen molar-refractivity contribution in [1.82, 2.24) is 0 Å². The molecule has 0 aromatic carbocycles. The second-order valence-electron chi connectivity index (χ2n) is 2.70. The minimum atomic E-state index is -0.953. The molecule has 0 rings (SSSR count). The third-order valence-corrected chi connectivity index (χ3v) is 1.74. The monoisotopic (exact) mass is 160 g/mol. The molecule has 2 unspecified atom stereocenters. The standard InChI is InChI=1S/C7H12O4/c1-4(3-6(8)9)5(2)7(10)11/h4-5H,3H2,1-2H3,(H,8,9)(H,10,11). The smallest absolute Gasteiger partial charge is 0.306 e. The number of carboxylic acid groups (broad SMARTS) is 2. The zero-order valence-electron chi connectivity index (χ0n) is 6.57. The molecule has 2 N–H and O–H groups in total. The topological polar surface area (TPSA) is 74.6 Å². The van der Waals surface area contributed by atoms with Crippen molar-refractivity contribution >= 4 is 11.9 Å². The quantitative estimate of drug-likeness (QED) is 0.638. The minimum absolute atomic E-state index is 0.0898. The van der Waals surface area contributed by atoms with Crippen LogP contribution in [-0.4, -0.2) is 22.2 Å². The van der Waals surface area contributed by atoms with E-state index in [2.05, 4.69) is 0 Å². The van der Waals surface area contributed by atoms with E-state index in [-0.39, 0.29) is 12.3 Å². The van der Waals surface area contributed by atoms with E-state index < -0.39 is 17.9 Å². The fourth-order valence-corrected chi connectivity index (χ4v) is 0.696. The van der Waals surface area contributed by atoms with Gasteiger partial charge in [0.15, 0.2) is 0 Å². The third-order valence-electron chi connectivity index (χ3n) is 1.74. The maximum absolute atomic E-state index is 10.3. The summed E-state index contributed by atoms with van der Waals surface area (Å²) in [6, 6.07) is 0. The molecule has 0 saturated carbocycles. The van der Waals surface area contributed by atoms with Gasteiger partial charge in [-0.1, -0.05) is 13.8 Å². The van der Waals surface area contributed by atoms with Crippen molar-refractivity contribution in [3.8, 4) is 0 Å². The van der Waals surface area contributed by atoms with Crippen LogP contribution in [0.5, 0.6) is 0 Å². The summed E-state index contributed by atoms with van der Waals surface area (Å²) in [5.41, 5.74) is 0. The first-order valence-electron chi connectivity index (χ1n) is 3.39. The Morgan fingerprint density at radius 1 is 1.27 bits per heavy atom. The van der Waals surface area contributed by atoms with Crippen molar-refractivity contribution in [2.75, 3.05) is 0 Å². The lowest BCUT2D eigenvalue weighted by Crippen LogP contribution is -2.20. The second kappa shape index (κ2) is 3.95. The fraction of sp³-hybridized carbons (Fsp3) is 0.714. The summed E-state index contributed by atoms with van der Waals surface area (Å²) in [6.45, 7) is 3.13. The highest BCUT2D eigenvalue weighted by Crippen LogP contribution is 2.14. The Kier molecular flexibility index (Phi) is 3.57. The van der Waals surface area contributed by atoms with Gasteiger partial charge in [0.2, 0.25) is 0 Å². The van der Waals surface area contributed by atoms with Gasteiger partial charge in [-0.15, -0.1) is 0 Å². The second-order valence-corrected chi connectivity index (χ2v) is 2.70. The van der Waals surface area contributed by atoms with E-state index in [1.165, 1.54) is 6.92 Å². The summed E-state index contributed by atoms with van der Waals surface area (Å²) in [7, 11) is 0. The van der Waals surface area contributed by atoms with Crippen LogP contribution in [-0.2, 0) is 9.59 Å². The highest BCUT2D eigenvalue weighted by molar-refractivity contribution is 5.72. The van der Waals surface area contributed by atoms with Crippen molar-refractivity contribution < 1.29 is 19.8 Å². The summed E-state index contributed by atoms with van der Waals surface area (Å²) >= 11 is 0. The van der Waals surface area contributed by atoms with E-state index in [1.807, 2.05) is 0 Å². The molecule has 0 heterocycles. The Morgan fingerprint density at radius 3 is 2.00 bits per heavy atom. The predicted octanol–water partition coefficient (Wildman–Crippen LogP) is 0.818. The van der Waals surface area contributed by atoms with Gasteiger partial charge < -0.3 is 10.2 Å². The summed E-state index contributed by atoms with van der Waals surface area (Å²) in [4.78, 5) is 20.5. The van der Waals surface area contributed by atoms with Crippen LogP contribution in [0, 0.1) is 11.8 Å². The van der Waals surface area contributed by atoms with Crippen LogP contribution >= 0.6 is 0 Å². The van der Waals surface area contributed by atoms with Gasteiger partial charge in [0.25, 0.3) is 0 Å². The molecule has 0 fully saturated rings. The molecule has 0 amide bonds. The van der Waals surface area contributed by atoms with E-state index in [4.69, 9.17) is 10.2 Å². The zero-order valence-corrected chi connectivity index (χ0v) is 6.57. The predicted molar refractivity (Wildman–Crippen MR) is 38.2 cm³/mol. The molecule has 0 aliphatic rings. The lowest BCUT2D eigenvalue weighted by atomic mass is 9.93. The lowest BCUT2D eigenvalue weighted by molar-refractivity contribution is -0.144. The molecule has 0 spiro atoms. The van der Waals surface area contributed by atoms with Gasteiger partial charge in [0.1, 0.15) is 0 Å². The van der Waals surface area contributed by atoms with Gasteiger partial charge in [0, 0.05) is 6.42 Å². The molecule has 4 nitrogen and oxygen atoms in total. The summed E-state index contributed by atoms with van der Waals surface area (Å²) in [5.74, 6) is -2.81. The molecule has 0 aliphatic carbocycles. The van der Waals surface area contributed by atoms with E-state index in [0.717, 1.165) is 0 Å². The molecule has 0 aromatic heterocycles. The number of aliphatic carboxylic acids is 2. The Balaban J connectivity index is 3.92. The first kappa shape index (κ1) is 9.94. The van der Waals surface area contributed by atoms with Crippen molar-refractivity contribution in [3.63, 3.8) is 0 Å².